The summed E-state index contributed by atoms with van der Waals surface area (Å²) in [6.45, 7) is 2.23. The van der Waals surface area contributed by atoms with E-state index in [0.717, 1.165) is 10.0 Å². The molecule has 3 nitrogen and oxygen atoms in total. The smallest absolute Gasteiger partial charge is 0.211 e. The van der Waals surface area contributed by atoms with E-state index in [2.05, 4.69) is 42.5 Å². The monoisotopic (exact) mass is 393 g/mol. The Kier molecular flexibility index (Phi) is 5.86. The second-order valence-electron chi connectivity index (χ2n) is 3.74. The molecule has 0 bridgehead atoms. The lowest BCUT2D eigenvalue weighted by atomic mass is 10.2. The molecule has 0 saturated heterocycles. The van der Waals surface area contributed by atoms with Crippen LogP contribution in [0.3, 0.4) is 0 Å². The lowest BCUT2D eigenvalue weighted by Gasteiger charge is -2.10. The minimum Gasteiger partial charge on any atom is -0.211 e. The number of rotatable bonds is 5. The fraction of sp³-hybridized carbons (Fsp3) is 0.333. The quantitative estimate of drug-likeness (QED) is 0.615. The summed E-state index contributed by atoms with van der Waals surface area (Å²) in [5.74, 6) is 2.47. The summed E-state index contributed by atoms with van der Waals surface area (Å²) >= 11 is 6.59. The highest BCUT2D eigenvalue weighted by molar-refractivity contribution is 9.11. The molecule has 98 valence electrons. The zero-order valence-corrected chi connectivity index (χ0v) is 13.8. The predicted octanol–water partition coefficient (Wildman–Crippen LogP) is 3.21. The highest BCUT2D eigenvalue weighted by atomic mass is 79.9. The van der Waals surface area contributed by atoms with E-state index < -0.39 is 10.0 Å². The van der Waals surface area contributed by atoms with Gasteiger partial charge in [0.25, 0.3) is 0 Å². The van der Waals surface area contributed by atoms with Gasteiger partial charge >= 0.3 is 0 Å². The van der Waals surface area contributed by atoms with Crippen LogP contribution in [-0.4, -0.2) is 15.0 Å². The fourth-order valence-corrected chi connectivity index (χ4v) is 4.06. The summed E-state index contributed by atoms with van der Waals surface area (Å²) in [5.41, 5.74) is 0.966. The van der Waals surface area contributed by atoms with Crippen LogP contribution in [0, 0.1) is 19.3 Å². The van der Waals surface area contributed by atoms with Gasteiger partial charge in [-0.25, -0.2) is 13.1 Å². The molecular formula is C12H13Br2NO2S. The molecule has 0 saturated carbocycles. The SMILES string of the molecule is C#CCCCNS(=O)(=O)c1cc(Br)c(C)cc1Br. The normalized spacial score (nSPS) is 11.2. The Morgan fingerprint density at radius 2 is 2.00 bits per heavy atom. The minimum absolute atomic E-state index is 0.223. The molecule has 0 amide bonds. The van der Waals surface area contributed by atoms with E-state index in [0.29, 0.717) is 23.9 Å². The van der Waals surface area contributed by atoms with E-state index >= 15 is 0 Å². The van der Waals surface area contributed by atoms with Gasteiger partial charge in [-0.05, 0) is 47.0 Å². The summed E-state index contributed by atoms with van der Waals surface area (Å²) < 4.78 is 28.0. The van der Waals surface area contributed by atoms with Crippen molar-refractivity contribution in [3.63, 3.8) is 0 Å². The average molecular weight is 395 g/mol. The van der Waals surface area contributed by atoms with Crippen molar-refractivity contribution in [3.8, 4) is 12.3 Å². The molecule has 1 N–H and O–H groups in total. The Morgan fingerprint density at radius 3 is 2.61 bits per heavy atom. The van der Waals surface area contributed by atoms with Crippen LogP contribution in [0.1, 0.15) is 18.4 Å². The summed E-state index contributed by atoms with van der Waals surface area (Å²) in [6.07, 6.45) is 6.29. The molecule has 6 heteroatoms. The van der Waals surface area contributed by atoms with Crippen LogP contribution < -0.4 is 4.72 Å². The maximum Gasteiger partial charge on any atom is 0.241 e. The number of hydrogen-bond acceptors (Lipinski definition) is 2. The number of sulfonamides is 1. The minimum atomic E-state index is -3.51. The van der Waals surface area contributed by atoms with Crippen LogP contribution in [0.2, 0.25) is 0 Å². The zero-order chi connectivity index (χ0) is 13.8. The van der Waals surface area contributed by atoms with Crippen molar-refractivity contribution in [2.75, 3.05) is 6.54 Å². The van der Waals surface area contributed by atoms with Gasteiger partial charge in [0.2, 0.25) is 10.0 Å². The molecule has 0 heterocycles. The average Bonchev–Trinajstić information content (AvgIpc) is 2.29. The van der Waals surface area contributed by atoms with Gasteiger partial charge in [-0.3, -0.25) is 0 Å². The summed E-state index contributed by atoms with van der Waals surface area (Å²) in [4.78, 5) is 0.223. The van der Waals surface area contributed by atoms with Crippen molar-refractivity contribution in [3.05, 3.63) is 26.6 Å². The van der Waals surface area contributed by atoms with Gasteiger partial charge in [0.1, 0.15) is 0 Å². The Hall–Kier alpha value is -0.350. The van der Waals surface area contributed by atoms with Gasteiger partial charge < -0.3 is 0 Å². The Labute approximate surface area is 125 Å². The zero-order valence-electron chi connectivity index (χ0n) is 9.83. The van der Waals surface area contributed by atoms with E-state index in [4.69, 9.17) is 6.42 Å². The van der Waals surface area contributed by atoms with Crippen LogP contribution in [-0.2, 0) is 10.0 Å². The lowest BCUT2D eigenvalue weighted by Crippen LogP contribution is -2.25. The number of benzene rings is 1. The number of unbranched alkanes of at least 4 members (excludes halogenated alkanes) is 1. The number of halogens is 2. The van der Waals surface area contributed by atoms with Crippen LogP contribution in [0.5, 0.6) is 0 Å². The van der Waals surface area contributed by atoms with E-state index in [1.807, 2.05) is 6.92 Å². The van der Waals surface area contributed by atoms with Gasteiger partial charge in [0.05, 0.1) is 4.90 Å². The third kappa shape index (κ3) is 4.09. The molecule has 0 aromatic heterocycles. The first-order chi connectivity index (χ1) is 8.38. The Balaban J connectivity index is 2.92. The molecule has 0 aliphatic carbocycles. The van der Waals surface area contributed by atoms with Crippen molar-refractivity contribution in [2.24, 2.45) is 0 Å². The van der Waals surface area contributed by atoms with E-state index in [1.165, 1.54) is 0 Å². The standard InChI is InChI=1S/C12H13Br2NO2S/c1-3-4-5-6-15-18(16,17)12-8-10(13)9(2)7-11(12)14/h1,7-8,15H,4-6H2,2H3. The molecule has 0 atom stereocenters. The number of aryl methyl sites for hydroxylation is 1. The lowest BCUT2D eigenvalue weighted by molar-refractivity contribution is 0.579. The van der Waals surface area contributed by atoms with E-state index in [-0.39, 0.29) is 4.90 Å². The Morgan fingerprint density at radius 1 is 1.33 bits per heavy atom. The van der Waals surface area contributed by atoms with Crippen LogP contribution >= 0.6 is 31.9 Å². The Bertz CT molecular complexity index is 576. The van der Waals surface area contributed by atoms with Crippen LogP contribution in [0.15, 0.2) is 26.0 Å². The second-order valence-corrected chi connectivity index (χ2v) is 7.18. The summed E-state index contributed by atoms with van der Waals surface area (Å²) in [6, 6.07) is 3.35. The van der Waals surface area contributed by atoms with Crippen molar-refractivity contribution in [1.82, 2.24) is 4.72 Å². The predicted molar refractivity (Wildman–Crippen MR) is 79.8 cm³/mol. The fourth-order valence-electron chi connectivity index (χ4n) is 1.31. The highest BCUT2D eigenvalue weighted by Crippen LogP contribution is 2.28. The molecule has 1 aromatic rings. The van der Waals surface area contributed by atoms with Crippen LogP contribution in [0.25, 0.3) is 0 Å². The number of terminal acetylenes is 1. The van der Waals surface area contributed by atoms with Crippen molar-refractivity contribution < 1.29 is 8.42 Å². The molecule has 0 spiro atoms. The molecule has 0 aliphatic heterocycles. The van der Waals surface area contributed by atoms with Gasteiger partial charge in [0, 0.05) is 21.9 Å². The third-order valence-corrected chi connectivity index (χ3v) is 5.57. The van der Waals surface area contributed by atoms with Gasteiger partial charge in [-0.1, -0.05) is 15.9 Å². The van der Waals surface area contributed by atoms with Crippen molar-refractivity contribution >= 4 is 41.9 Å². The van der Waals surface area contributed by atoms with Gasteiger partial charge in [-0.2, -0.15) is 0 Å². The molecule has 0 unspecified atom stereocenters. The molecule has 1 aromatic carbocycles. The molecular weight excluding hydrogens is 382 g/mol. The third-order valence-electron chi connectivity index (χ3n) is 2.29. The molecule has 1 rings (SSSR count). The second kappa shape index (κ2) is 6.71. The van der Waals surface area contributed by atoms with Crippen LogP contribution in [0.4, 0.5) is 0 Å². The first-order valence-corrected chi connectivity index (χ1v) is 8.34. The summed E-state index contributed by atoms with van der Waals surface area (Å²) in [5, 5.41) is 0. The number of nitrogens with one attached hydrogen (secondary N) is 1. The molecule has 0 fully saturated rings. The highest BCUT2D eigenvalue weighted by Gasteiger charge is 2.18. The molecule has 18 heavy (non-hydrogen) atoms. The molecule has 0 aliphatic rings. The van der Waals surface area contributed by atoms with E-state index in [9.17, 15) is 8.42 Å². The largest absolute Gasteiger partial charge is 0.241 e. The maximum absolute atomic E-state index is 12.1. The van der Waals surface area contributed by atoms with Gasteiger partial charge in [0.15, 0.2) is 0 Å². The first-order valence-electron chi connectivity index (χ1n) is 5.27. The molecule has 0 radical (unpaired) electrons. The van der Waals surface area contributed by atoms with Crippen molar-refractivity contribution in [1.29, 1.82) is 0 Å². The van der Waals surface area contributed by atoms with Gasteiger partial charge in [-0.15, -0.1) is 12.3 Å². The number of hydrogen-bond donors (Lipinski definition) is 1. The summed E-state index contributed by atoms with van der Waals surface area (Å²) in [7, 11) is -3.51. The first kappa shape index (κ1) is 15.7. The van der Waals surface area contributed by atoms with Crippen molar-refractivity contribution in [2.45, 2.75) is 24.7 Å². The topological polar surface area (TPSA) is 46.2 Å². The maximum atomic E-state index is 12.1. The van der Waals surface area contributed by atoms with E-state index in [1.54, 1.807) is 12.1 Å².